The SMILES string of the molecule is C1CNCCNCCN1.Cl.Cl.Cl.Cl.Cl. The second kappa shape index (κ2) is 23.9. The summed E-state index contributed by atoms with van der Waals surface area (Å²) in [5.41, 5.74) is 0. The van der Waals surface area contributed by atoms with E-state index in [-0.39, 0.29) is 62.0 Å². The van der Waals surface area contributed by atoms with Gasteiger partial charge in [-0.1, -0.05) is 0 Å². The molecule has 0 aromatic rings. The van der Waals surface area contributed by atoms with Gasteiger partial charge in [-0.2, -0.15) is 0 Å². The third-order valence-corrected chi connectivity index (χ3v) is 1.44. The molecule has 0 amide bonds. The summed E-state index contributed by atoms with van der Waals surface area (Å²) in [5, 5.41) is 9.91. The predicted molar refractivity (Wildman–Crippen MR) is 74.8 cm³/mol. The zero-order valence-electron chi connectivity index (χ0n) is 7.78. The second-order valence-electron chi connectivity index (χ2n) is 2.25. The highest BCUT2D eigenvalue weighted by molar-refractivity contribution is 5.86. The van der Waals surface area contributed by atoms with Gasteiger partial charge in [0.05, 0.1) is 0 Å². The van der Waals surface area contributed by atoms with Crippen LogP contribution in [0.15, 0.2) is 0 Å². The maximum atomic E-state index is 3.30. The first kappa shape index (κ1) is 29.5. The zero-order chi connectivity index (χ0) is 6.36. The van der Waals surface area contributed by atoms with Crippen molar-refractivity contribution >= 4 is 62.0 Å². The average molecular weight is 312 g/mol. The van der Waals surface area contributed by atoms with Crippen molar-refractivity contribution in [3.8, 4) is 0 Å². The molecule has 1 saturated heterocycles. The van der Waals surface area contributed by atoms with Crippen LogP contribution in [0.1, 0.15) is 0 Å². The van der Waals surface area contributed by atoms with E-state index in [0.717, 1.165) is 39.3 Å². The number of rotatable bonds is 0. The van der Waals surface area contributed by atoms with Crippen LogP contribution in [0, 0.1) is 0 Å². The van der Waals surface area contributed by atoms with Gasteiger partial charge >= 0.3 is 0 Å². The normalized spacial score (nSPS) is 15.4. The maximum absolute atomic E-state index is 3.30. The van der Waals surface area contributed by atoms with Crippen LogP contribution in [0.4, 0.5) is 0 Å². The van der Waals surface area contributed by atoms with Gasteiger partial charge in [-0.15, -0.1) is 62.0 Å². The third kappa shape index (κ3) is 19.0. The Kier molecular flexibility index (Phi) is 50.3. The van der Waals surface area contributed by atoms with E-state index >= 15 is 0 Å². The molecule has 1 aliphatic rings. The first-order valence-corrected chi connectivity index (χ1v) is 3.62. The summed E-state index contributed by atoms with van der Waals surface area (Å²) in [7, 11) is 0. The fraction of sp³-hybridized carbons (Fsp3) is 1.00. The van der Waals surface area contributed by atoms with E-state index < -0.39 is 0 Å². The lowest BCUT2D eigenvalue weighted by Crippen LogP contribution is -2.27. The summed E-state index contributed by atoms with van der Waals surface area (Å²) in [5.74, 6) is 0. The second-order valence-corrected chi connectivity index (χ2v) is 2.25. The van der Waals surface area contributed by atoms with Crippen LogP contribution in [0.5, 0.6) is 0 Å². The predicted octanol–water partition coefficient (Wildman–Crippen LogP) is 0.878. The number of hydrogen-bond donors (Lipinski definition) is 3. The van der Waals surface area contributed by atoms with E-state index in [1.807, 2.05) is 0 Å². The van der Waals surface area contributed by atoms with Gasteiger partial charge in [-0.3, -0.25) is 0 Å². The molecular formula is C6H20Cl5N3. The molecule has 8 heteroatoms. The van der Waals surface area contributed by atoms with Crippen molar-refractivity contribution in [2.75, 3.05) is 39.3 Å². The van der Waals surface area contributed by atoms with Crippen molar-refractivity contribution in [2.24, 2.45) is 0 Å². The Labute approximate surface area is 117 Å². The molecule has 0 bridgehead atoms. The molecule has 1 rings (SSSR count). The van der Waals surface area contributed by atoms with Crippen molar-refractivity contribution in [3.63, 3.8) is 0 Å². The van der Waals surface area contributed by atoms with Gasteiger partial charge in [0.1, 0.15) is 0 Å². The highest BCUT2D eigenvalue weighted by atomic mass is 35.5. The van der Waals surface area contributed by atoms with Crippen molar-refractivity contribution in [2.45, 2.75) is 0 Å². The van der Waals surface area contributed by atoms with Gasteiger partial charge < -0.3 is 16.0 Å². The molecule has 0 aromatic carbocycles. The van der Waals surface area contributed by atoms with Crippen LogP contribution >= 0.6 is 62.0 Å². The fourth-order valence-electron chi connectivity index (χ4n) is 0.905. The minimum Gasteiger partial charge on any atom is -0.314 e. The summed E-state index contributed by atoms with van der Waals surface area (Å²) in [6.07, 6.45) is 0. The lowest BCUT2D eigenvalue weighted by Gasteiger charge is -1.99. The molecule has 0 atom stereocenters. The monoisotopic (exact) mass is 309 g/mol. The van der Waals surface area contributed by atoms with E-state index in [0.29, 0.717) is 0 Å². The summed E-state index contributed by atoms with van der Waals surface area (Å²) >= 11 is 0. The molecule has 0 unspecified atom stereocenters. The summed E-state index contributed by atoms with van der Waals surface area (Å²) < 4.78 is 0. The standard InChI is InChI=1S/C6H15N3.5ClH/c1-2-8-5-6-9-4-3-7-1;;;;;/h7-9H,1-6H2;5*1H. The van der Waals surface area contributed by atoms with Gasteiger partial charge in [0.25, 0.3) is 0 Å². The van der Waals surface area contributed by atoms with Gasteiger partial charge in [0.2, 0.25) is 0 Å². The molecule has 0 spiro atoms. The molecule has 0 aliphatic carbocycles. The Morgan fingerprint density at radius 2 is 0.500 bits per heavy atom. The van der Waals surface area contributed by atoms with Crippen LogP contribution in [0.25, 0.3) is 0 Å². The van der Waals surface area contributed by atoms with E-state index in [1.165, 1.54) is 0 Å². The summed E-state index contributed by atoms with van der Waals surface area (Å²) in [6, 6.07) is 0. The Balaban J connectivity index is -0.0000000540. The molecular weight excluding hydrogens is 291 g/mol. The number of nitrogens with one attached hydrogen (secondary N) is 3. The highest BCUT2D eigenvalue weighted by Gasteiger charge is 1.91. The van der Waals surface area contributed by atoms with Crippen LogP contribution in [-0.2, 0) is 0 Å². The highest BCUT2D eigenvalue weighted by Crippen LogP contribution is 1.65. The van der Waals surface area contributed by atoms with Crippen molar-refractivity contribution in [1.82, 2.24) is 16.0 Å². The van der Waals surface area contributed by atoms with Gasteiger partial charge in [-0.25, -0.2) is 0 Å². The molecule has 14 heavy (non-hydrogen) atoms. The van der Waals surface area contributed by atoms with Crippen molar-refractivity contribution in [1.29, 1.82) is 0 Å². The van der Waals surface area contributed by atoms with Crippen LogP contribution in [-0.4, -0.2) is 39.3 Å². The fourth-order valence-corrected chi connectivity index (χ4v) is 0.905. The van der Waals surface area contributed by atoms with Crippen molar-refractivity contribution in [3.05, 3.63) is 0 Å². The lowest BCUT2D eigenvalue weighted by molar-refractivity contribution is 0.652. The van der Waals surface area contributed by atoms with E-state index in [9.17, 15) is 0 Å². The minimum atomic E-state index is 0. The largest absolute Gasteiger partial charge is 0.314 e. The van der Waals surface area contributed by atoms with Crippen molar-refractivity contribution < 1.29 is 0 Å². The zero-order valence-corrected chi connectivity index (χ0v) is 11.9. The first-order chi connectivity index (χ1) is 4.50. The van der Waals surface area contributed by atoms with E-state index in [2.05, 4.69) is 16.0 Å². The molecule has 1 heterocycles. The van der Waals surface area contributed by atoms with Crippen LogP contribution in [0.3, 0.4) is 0 Å². The minimum absolute atomic E-state index is 0. The van der Waals surface area contributed by atoms with E-state index in [1.54, 1.807) is 0 Å². The molecule has 0 saturated carbocycles. The number of halogens is 5. The summed E-state index contributed by atoms with van der Waals surface area (Å²) in [4.78, 5) is 0. The smallest absolute Gasteiger partial charge is 0.00772 e. The summed E-state index contributed by atoms with van der Waals surface area (Å²) in [6.45, 7) is 6.59. The Morgan fingerprint density at radius 1 is 0.357 bits per heavy atom. The number of hydrogen-bond acceptors (Lipinski definition) is 3. The van der Waals surface area contributed by atoms with Gasteiger partial charge in [0, 0.05) is 39.3 Å². The Morgan fingerprint density at radius 3 is 0.643 bits per heavy atom. The van der Waals surface area contributed by atoms with Crippen LogP contribution in [0.2, 0.25) is 0 Å². The molecule has 0 radical (unpaired) electrons. The molecule has 1 aliphatic heterocycles. The Hall–Kier alpha value is 1.33. The van der Waals surface area contributed by atoms with Crippen LogP contribution < -0.4 is 16.0 Å². The molecule has 94 valence electrons. The van der Waals surface area contributed by atoms with Gasteiger partial charge in [0.15, 0.2) is 0 Å². The first-order valence-electron chi connectivity index (χ1n) is 3.62. The lowest BCUT2D eigenvalue weighted by atomic mass is 10.6. The van der Waals surface area contributed by atoms with E-state index in [4.69, 9.17) is 0 Å². The third-order valence-electron chi connectivity index (χ3n) is 1.44. The Bertz CT molecular complexity index is 50.0. The molecule has 0 aromatic heterocycles. The molecule has 1 fully saturated rings. The maximum Gasteiger partial charge on any atom is 0.00772 e. The molecule has 3 N–H and O–H groups in total. The topological polar surface area (TPSA) is 36.1 Å². The average Bonchev–Trinajstić information content (AvgIpc) is 2.00. The van der Waals surface area contributed by atoms with Gasteiger partial charge in [-0.05, 0) is 0 Å². The quantitative estimate of drug-likeness (QED) is 0.621. The molecule has 3 nitrogen and oxygen atoms in total.